The van der Waals surface area contributed by atoms with Crippen LogP contribution in [-0.2, 0) is 12.8 Å². The van der Waals surface area contributed by atoms with Gasteiger partial charge in [0.1, 0.15) is 4.88 Å². The Kier molecular flexibility index (Phi) is 5.67. The van der Waals surface area contributed by atoms with Crippen LogP contribution >= 0.6 is 11.3 Å². The maximum absolute atomic E-state index is 13.0. The number of thiazole rings is 1. The van der Waals surface area contributed by atoms with Crippen LogP contribution in [0.5, 0.6) is 0 Å². The molecular formula is C22H24N4OS. The number of aromatic nitrogens is 2. The Morgan fingerprint density at radius 2 is 1.71 bits per heavy atom. The van der Waals surface area contributed by atoms with E-state index in [2.05, 4.69) is 39.1 Å². The van der Waals surface area contributed by atoms with E-state index in [1.165, 1.54) is 11.3 Å². The van der Waals surface area contributed by atoms with E-state index in [4.69, 9.17) is 0 Å². The number of pyridine rings is 1. The van der Waals surface area contributed by atoms with Gasteiger partial charge in [-0.3, -0.25) is 9.78 Å². The van der Waals surface area contributed by atoms with Gasteiger partial charge in [-0.1, -0.05) is 18.2 Å². The zero-order chi connectivity index (χ0) is 19.3. The summed E-state index contributed by atoms with van der Waals surface area (Å²) in [5.74, 6) is 0.123. The molecule has 0 N–H and O–H groups in total. The zero-order valence-corrected chi connectivity index (χ0v) is 16.9. The van der Waals surface area contributed by atoms with Gasteiger partial charge in [-0.05, 0) is 43.2 Å². The van der Waals surface area contributed by atoms with Crippen molar-refractivity contribution < 1.29 is 4.79 Å². The van der Waals surface area contributed by atoms with Gasteiger partial charge in [0.15, 0.2) is 0 Å². The first-order valence-corrected chi connectivity index (χ1v) is 10.5. The van der Waals surface area contributed by atoms with Gasteiger partial charge in [0, 0.05) is 50.7 Å². The maximum atomic E-state index is 13.0. The molecule has 1 aliphatic heterocycles. The molecular weight excluding hydrogens is 368 g/mol. The number of anilines is 1. The van der Waals surface area contributed by atoms with Crippen LogP contribution in [-0.4, -0.2) is 47.0 Å². The van der Waals surface area contributed by atoms with Crippen LogP contribution in [0.2, 0.25) is 0 Å². The number of para-hydroxylation sites is 1. The molecule has 0 unspecified atom stereocenters. The Morgan fingerprint density at radius 1 is 1.00 bits per heavy atom. The van der Waals surface area contributed by atoms with Crippen molar-refractivity contribution in [3.63, 3.8) is 0 Å². The van der Waals surface area contributed by atoms with E-state index in [-0.39, 0.29) is 5.91 Å². The molecule has 0 saturated carbocycles. The standard InChI is InChI=1S/C22H24N4OS/c1-17-21(28-20(24-17)8-7-18-9-11-23-12-10-18)22(27)26-15-13-25(14-16-26)19-5-3-2-4-6-19/h2-6,9-12H,7-8,13-16H2,1H3. The Bertz CT molecular complexity index is 918. The van der Waals surface area contributed by atoms with E-state index in [1.807, 2.05) is 42.4 Å². The van der Waals surface area contributed by atoms with Gasteiger partial charge in [-0.15, -0.1) is 11.3 Å². The predicted molar refractivity (Wildman–Crippen MR) is 113 cm³/mol. The minimum absolute atomic E-state index is 0.123. The van der Waals surface area contributed by atoms with Crippen LogP contribution in [0.1, 0.15) is 25.9 Å². The van der Waals surface area contributed by atoms with Crippen molar-refractivity contribution in [2.75, 3.05) is 31.1 Å². The number of nitrogens with zero attached hydrogens (tertiary/aromatic N) is 4. The number of carbonyl (C=O) groups is 1. The fourth-order valence-corrected chi connectivity index (χ4v) is 4.54. The number of carbonyl (C=O) groups excluding carboxylic acids is 1. The second-order valence-electron chi connectivity index (χ2n) is 6.99. The second-order valence-corrected chi connectivity index (χ2v) is 8.08. The molecule has 2 aromatic heterocycles. The minimum Gasteiger partial charge on any atom is -0.368 e. The monoisotopic (exact) mass is 392 g/mol. The van der Waals surface area contributed by atoms with Crippen molar-refractivity contribution in [1.82, 2.24) is 14.9 Å². The summed E-state index contributed by atoms with van der Waals surface area (Å²) in [5.41, 5.74) is 3.32. The number of hydrogen-bond acceptors (Lipinski definition) is 5. The van der Waals surface area contributed by atoms with Gasteiger partial charge < -0.3 is 9.80 Å². The quantitative estimate of drug-likeness (QED) is 0.666. The highest BCUT2D eigenvalue weighted by Gasteiger charge is 2.25. The first kappa shape index (κ1) is 18.6. The summed E-state index contributed by atoms with van der Waals surface area (Å²) < 4.78 is 0. The van der Waals surface area contributed by atoms with E-state index >= 15 is 0 Å². The van der Waals surface area contributed by atoms with Crippen molar-refractivity contribution in [2.45, 2.75) is 19.8 Å². The highest BCUT2D eigenvalue weighted by Crippen LogP contribution is 2.23. The van der Waals surface area contributed by atoms with Crippen molar-refractivity contribution >= 4 is 22.9 Å². The first-order valence-electron chi connectivity index (χ1n) is 9.65. The summed E-state index contributed by atoms with van der Waals surface area (Å²) in [4.78, 5) is 26.8. The van der Waals surface area contributed by atoms with E-state index in [0.29, 0.717) is 0 Å². The van der Waals surface area contributed by atoms with Crippen molar-refractivity contribution in [1.29, 1.82) is 0 Å². The third-order valence-electron chi connectivity index (χ3n) is 5.10. The molecule has 1 aromatic carbocycles. The Balaban J connectivity index is 1.37. The average Bonchev–Trinajstić information content (AvgIpc) is 3.14. The summed E-state index contributed by atoms with van der Waals surface area (Å²) in [6, 6.07) is 14.4. The molecule has 144 valence electrons. The first-order chi connectivity index (χ1) is 13.7. The van der Waals surface area contributed by atoms with Crippen LogP contribution in [0, 0.1) is 6.92 Å². The minimum atomic E-state index is 0.123. The molecule has 0 atom stereocenters. The predicted octanol–water partition coefficient (Wildman–Crippen LogP) is 3.59. The molecule has 1 saturated heterocycles. The molecule has 1 amide bonds. The molecule has 6 heteroatoms. The van der Waals surface area contributed by atoms with Gasteiger partial charge >= 0.3 is 0 Å². The number of aryl methyl sites for hydroxylation is 3. The van der Waals surface area contributed by atoms with E-state index in [1.54, 1.807) is 11.3 Å². The molecule has 1 aliphatic rings. The van der Waals surface area contributed by atoms with Crippen LogP contribution in [0.3, 0.4) is 0 Å². The molecule has 0 spiro atoms. The summed E-state index contributed by atoms with van der Waals surface area (Å²) in [5, 5.41) is 1.03. The van der Waals surface area contributed by atoms with Gasteiger partial charge in [-0.25, -0.2) is 4.98 Å². The van der Waals surface area contributed by atoms with Gasteiger partial charge in [0.05, 0.1) is 10.7 Å². The Morgan fingerprint density at radius 3 is 2.43 bits per heavy atom. The summed E-state index contributed by atoms with van der Waals surface area (Å²) in [6.07, 6.45) is 5.39. The van der Waals surface area contributed by atoms with Crippen LogP contribution < -0.4 is 4.90 Å². The number of rotatable bonds is 5. The lowest BCUT2D eigenvalue weighted by atomic mass is 10.1. The third-order valence-corrected chi connectivity index (χ3v) is 6.31. The van der Waals surface area contributed by atoms with Crippen molar-refractivity contribution in [3.8, 4) is 0 Å². The SMILES string of the molecule is Cc1nc(CCc2ccncc2)sc1C(=O)N1CCN(c2ccccc2)CC1. The Labute approximate surface area is 169 Å². The number of piperazine rings is 1. The van der Waals surface area contributed by atoms with Crippen LogP contribution in [0.25, 0.3) is 0 Å². The number of amides is 1. The van der Waals surface area contributed by atoms with Crippen LogP contribution in [0.4, 0.5) is 5.69 Å². The lowest BCUT2D eigenvalue weighted by Gasteiger charge is -2.36. The van der Waals surface area contributed by atoms with Crippen molar-refractivity contribution in [2.24, 2.45) is 0 Å². The number of benzene rings is 1. The molecule has 0 aliphatic carbocycles. The smallest absolute Gasteiger partial charge is 0.265 e. The third kappa shape index (κ3) is 4.22. The average molecular weight is 393 g/mol. The fourth-order valence-electron chi connectivity index (χ4n) is 3.51. The highest BCUT2D eigenvalue weighted by atomic mass is 32.1. The fraction of sp³-hybridized carbons (Fsp3) is 0.318. The van der Waals surface area contributed by atoms with Gasteiger partial charge in [0.2, 0.25) is 0 Å². The van der Waals surface area contributed by atoms with Crippen LogP contribution in [0.15, 0.2) is 54.9 Å². The largest absolute Gasteiger partial charge is 0.368 e. The maximum Gasteiger partial charge on any atom is 0.265 e. The molecule has 3 heterocycles. The summed E-state index contributed by atoms with van der Waals surface area (Å²) in [7, 11) is 0. The summed E-state index contributed by atoms with van der Waals surface area (Å²) in [6.45, 7) is 5.17. The van der Waals surface area contributed by atoms with E-state index in [0.717, 1.165) is 54.6 Å². The second kappa shape index (κ2) is 8.52. The molecule has 0 radical (unpaired) electrons. The van der Waals surface area contributed by atoms with Gasteiger partial charge in [-0.2, -0.15) is 0 Å². The molecule has 1 fully saturated rings. The summed E-state index contributed by atoms with van der Waals surface area (Å²) >= 11 is 1.55. The van der Waals surface area contributed by atoms with E-state index in [9.17, 15) is 4.79 Å². The van der Waals surface area contributed by atoms with E-state index < -0.39 is 0 Å². The Hall–Kier alpha value is -2.73. The lowest BCUT2D eigenvalue weighted by Crippen LogP contribution is -2.48. The molecule has 28 heavy (non-hydrogen) atoms. The molecule has 5 nitrogen and oxygen atoms in total. The highest BCUT2D eigenvalue weighted by molar-refractivity contribution is 7.13. The topological polar surface area (TPSA) is 49.3 Å². The van der Waals surface area contributed by atoms with Crippen molar-refractivity contribution in [3.05, 3.63) is 76.0 Å². The molecule has 4 rings (SSSR count). The van der Waals surface area contributed by atoms with Gasteiger partial charge in [0.25, 0.3) is 5.91 Å². The normalized spacial score (nSPS) is 14.3. The lowest BCUT2D eigenvalue weighted by molar-refractivity contribution is 0.0750. The number of hydrogen-bond donors (Lipinski definition) is 0. The molecule has 3 aromatic rings. The zero-order valence-electron chi connectivity index (χ0n) is 16.0. The molecule has 0 bridgehead atoms.